The molecule has 1 N–H and O–H groups in total. The van der Waals surface area contributed by atoms with E-state index in [1.54, 1.807) is 11.3 Å². The average Bonchev–Trinajstić information content (AvgIpc) is 2.92. The van der Waals surface area contributed by atoms with E-state index in [4.69, 9.17) is 0 Å². The molecule has 1 fully saturated rings. The van der Waals surface area contributed by atoms with Gasteiger partial charge in [0, 0.05) is 24.2 Å². The normalized spacial score (nSPS) is 17.6. The summed E-state index contributed by atoms with van der Waals surface area (Å²) in [6.45, 7) is 3.06. The SMILES string of the molecule is Cc1nc2sccn2c1CNC1CCCC1. The van der Waals surface area contributed by atoms with Crippen LogP contribution in [0, 0.1) is 6.92 Å². The highest BCUT2D eigenvalue weighted by atomic mass is 32.1. The fraction of sp³-hybridized carbons (Fsp3) is 0.583. The Morgan fingerprint density at radius 2 is 2.31 bits per heavy atom. The van der Waals surface area contributed by atoms with Crippen molar-refractivity contribution in [3.05, 3.63) is 23.0 Å². The van der Waals surface area contributed by atoms with Crippen LogP contribution < -0.4 is 5.32 Å². The van der Waals surface area contributed by atoms with E-state index < -0.39 is 0 Å². The number of nitrogens with one attached hydrogen (secondary N) is 1. The number of hydrogen-bond donors (Lipinski definition) is 1. The van der Waals surface area contributed by atoms with Gasteiger partial charge in [-0.2, -0.15) is 0 Å². The van der Waals surface area contributed by atoms with Gasteiger partial charge < -0.3 is 5.32 Å². The van der Waals surface area contributed by atoms with E-state index in [-0.39, 0.29) is 0 Å². The van der Waals surface area contributed by atoms with Gasteiger partial charge in [0.15, 0.2) is 4.96 Å². The van der Waals surface area contributed by atoms with Crippen molar-refractivity contribution in [1.29, 1.82) is 0 Å². The molecule has 3 rings (SSSR count). The van der Waals surface area contributed by atoms with Gasteiger partial charge >= 0.3 is 0 Å². The van der Waals surface area contributed by atoms with Gasteiger partial charge in [-0.05, 0) is 19.8 Å². The zero-order chi connectivity index (χ0) is 11.0. The lowest BCUT2D eigenvalue weighted by Gasteiger charge is -2.11. The Bertz CT molecular complexity index is 479. The van der Waals surface area contributed by atoms with Crippen LogP contribution in [0.25, 0.3) is 4.96 Å². The Kier molecular flexibility index (Phi) is 2.69. The first-order chi connectivity index (χ1) is 7.84. The maximum absolute atomic E-state index is 4.56. The number of thiazole rings is 1. The van der Waals surface area contributed by atoms with E-state index >= 15 is 0 Å². The van der Waals surface area contributed by atoms with Gasteiger partial charge in [-0.3, -0.25) is 4.40 Å². The Balaban J connectivity index is 1.77. The third kappa shape index (κ3) is 1.76. The predicted octanol–water partition coefficient (Wildman–Crippen LogP) is 2.74. The summed E-state index contributed by atoms with van der Waals surface area (Å²) in [6.07, 6.45) is 7.56. The fourth-order valence-electron chi connectivity index (χ4n) is 2.52. The molecule has 0 amide bonds. The minimum absolute atomic E-state index is 0.726. The minimum atomic E-state index is 0.726. The number of aryl methyl sites for hydroxylation is 1. The molecule has 2 aromatic heterocycles. The van der Waals surface area contributed by atoms with E-state index in [0.29, 0.717) is 0 Å². The van der Waals surface area contributed by atoms with Gasteiger partial charge in [-0.1, -0.05) is 12.8 Å². The Hall–Kier alpha value is -0.870. The Morgan fingerprint density at radius 1 is 1.50 bits per heavy atom. The summed E-state index contributed by atoms with van der Waals surface area (Å²) in [4.78, 5) is 5.67. The van der Waals surface area contributed by atoms with Crippen molar-refractivity contribution < 1.29 is 0 Å². The molecule has 0 unspecified atom stereocenters. The minimum Gasteiger partial charge on any atom is -0.308 e. The topological polar surface area (TPSA) is 29.3 Å². The number of aromatic nitrogens is 2. The van der Waals surface area contributed by atoms with Gasteiger partial charge in [0.2, 0.25) is 0 Å². The molecule has 2 heterocycles. The highest BCUT2D eigenvalue weighted by molar-refractivity contribution is 7.15. The van der Waals surface area contributed by atoms with Gasteiger partial charge in [0.1, 0.15) is 0 Å². The lowest BCUT2D eigenvalue weighted by atomic mass is 10.2. The molecule has 0 atom stereocenters. The fourth-order valence-corrected chi connectivity index (χ4v) is 3.30. The molecule has 0 spiro atoms. The van der Waals surface area contributed by atoms with Crippen LogP contribution in [-0.4, -0.2) is 15.4 Å². The third-order valence-corrected chi connectivity index (χ3v) is 4.23. The van der Waals surface area contributed by atoms with Crippen LogP contribution >= 0.6 is 11.3 Å². The van der Waals surface area contributed by atoms with Crippen molar-refractivity contribution in [2.45, 2.75) is 45.2 Å². The molecule has 3 nitrogen and oxygen atoms in total. The third-order valence-electron chi connectivity index (χ3n) is 3.47. The standard InChI is InChI=1S/C12H17N3S/c1-9-11(8-13-10-4-2-3-5-10)15-6-7-16-12(15)14-9/h6-7,10,13H,2-5,8H2,1H3. The lowest BCUT2D eigenvalue weighted by Crippen LogP contribution is -2.26. The number of rotatable bonds is 3. The molecule has 0 saturated heterocycles. The van der Waals surface area contributed by atoms with Gasteiger partial charge in [-0.15, -0.1) is 11.3 Å². The molecule has 1 aliphatic carbocycles. The lowest BCUT2D eigenvalue weighted by molar-refractivity contribution is 0.517. The average molecular weight is 235 g/mol. The smallest absolute Gasteiger partial charge is 0.194 e. The van der Waals surface area contributed by atoms with Crippen LogP contribution in [0.1, 0.15) is 37.1 Å². The van der Waals surface area contributed by atoms with E-state index in [2.05, 4.69) is 33.2 Å². The van der Waals surface area contributed by atoms with E-state index in [1.807, 2.05) is 0 Å². The zero-order valence-electron chi connectivity index (χ0n) is 9.57. The first-order valence-electron chi connectivity index (χ1n) is 5.99. The summed E-state index contributed by atoms with van der Waals surface area (Å²) < 4.78 is 2.21. The van der Waals surface area contributed by atoms with Gasteiger partial charge in [0.25, 0.3) is 0 Å². The first-order valence-corrected chi connectivity index (χ1v) is 6.87. The summed E-state index contributed by atoms with van der Waals surface area (Å²) in [5, 5.41) is 5.75. The second kappa shape index (κ2) is 4.18. The molecule has 86 valence electrons. The van der Waals surface area contributed by atoms with Crippen molar-refractivity contribution in [3.63, 3.8) is 0 Å². The van der Waals surface area contributed by atoms with E-state index in [9.17, 15) is 0 Å². The van der Waals surface area contributed by atoms with Crippen LogP contribution in [0.3, 0.4) is 0 Å². The molecule has 1 saturated carbocycles. The summed E-state index contributed by atoms with van der Waals surface area (Å²) >= 11 is 1.70. The summed E-state index contributed by atoms with van der Waals surface area (Å²) in [5.74, 6) is 0. The zero-order valence-corrected chi connectivity index (χ0v) is 10.4. The first kappa shape index (κ1) is 10.3. The Labute approximate surface area is 99.5 Å². The molecule has 1 aliphatic rings. The summed E-state index contributed by atoms with van der Waals surface area (Å²) in [5.41, 5.74) is 2.49. The second-order valence-electron chi connectivity index (χ2n) is 4.56. The number of imidazole rings is 1. The monoisotopic (exact) mass is 235 g/mol. The second-order valence-corrected chi connectivity index (χ2v) is 5.43. The summed E-state index contributed by atoms with van der Waals surface area (Å²) in [7, 11) is 0. The molecule has 0 aromatic carbocycles. The number of nitrogens with zero attached hydrogens (tertiary/aromatic N) is 2. The van der Waals surface area contributed by atoms with Crippen LogP contribution in [0.15, 0.2) is 11.6 Å². The molecule has 0 bridgehead atoms. The van der Waals surface area contributed by atoms with Crippen LogP contribution in [0.5, 0.6) is 0 Å². The van der Waals surface area contributed by atoms with Crippen molar-refractivity contribution in [1.82, 2.24) is 14.7 Å². The van der Waals surface area contributed by atoms with E-state index in [0.717, 1.165) is 23.2 Å². The number of hydrogen-bond acceptors (Lipinski definition) is 3. The number of fused-ring (bicyclic) bond motifs is 1. The predicted molar refractivity (Wildman–Crippen MR) is 66.9 cm³/mol. The van der Waals surface area contributed by atoms with Crippen molar-refractivity contribution in [2.75, 3.05) is 0 Å². The summed E-state index contributed by atoms with van der Waals surface area (Å²) in [6, 6.07) is 0.726. The molecule has 0 radical (unpaired) electrons. The maximum Gasteiger partial charge on any atom is 0.194 e. The van der Waals surface area contributed by atoms with Crippen molar-refractivity contribution in [2.24, 2.45) is 0 Å². The molecular formula is C12H17N3S. The molecule has 16 heavy (non-hydrogen) atoms. The van der Waals surface area contributed by atoms with E-state index in [1.165, 1.54) is 31.4 Å². The molecule has 4 heteroatoms. The van der Waals surface area contributed by atoms with Crippen LogP contribution in [0.2, 0.25) is 0 Å². The van der Waals surface area contributed by atoms with Gasteiger partial charge in [0.05, 0.1) is 11.4 Å². The van der Waals surface area contributed by atoms with Crippen LogP contribution in [0.4, 0.5) is 0 Å². The highest BCUT2D eigenvalue weighted by Gasteiger charge is 2.16. The maximum atomic E-state index is 4.56. The van der Waals surface area contributed by atoms with Crippen molar-refractivity contribution >= 4 is 16.3 Å². The molecule has 0 aliphatic heterocycles. The van der Waals surface area contributed by atoms with Crippen molar-refractivity contribution in [3.8, 4) is 0 Å². The van der Waals surface area contributed by atoms with Crippen LogP contribution in [-0.2, 0) is 6.54 Å². The largest absolute Gasteiger partial charge is 0.308 e. The molecular weight excluding hydrogens is 218 g/mol. The molecule has 2 aromatic rings. The highest BCUT2D eigenvalue weighted by Crippen LogP contribution is 2.20. The quantitative estimate of drug-likeness (QED) is 0.886. The van der Waals surface area contributed by atoms with Gasteiger partial charge in [-0.25, -0.2) is 4.98 Å². The Morgan fingerprint density at radius 3 is 3.12 bits per heavy atom.